The molecule has 142 valence electrons. The SMILES string of the molecule is CC/C=C/C[C@@H](O)/C=C/[C@H]1[C@H](CCCCCCC(=O)O)C(=O)C[C@@H]1O. The first-order valence-electron chi connectivity index (χ1n) is 9.39. The van der Waals surface area contributed by atoms with Crippen molar-refractivity contribution in [1.82, 2.24) is 0 Å². The number of carbonyl (C=O) groups is 2. The van der Waals surface area contributed by atoms with Gasteiger partial charge in [0, 0.05) is 24.7 Å². The molecule has 0 aromatic heterocycles. The van der Waals surface area contributed by atoms with Gasteiger partial charge < -0.3 is 15.3 Å². The summed E-state index contributed by atoms with van der Waals surface area (Å²) in [6.45, 7) is 2.03. The molecule has 1 aliphatic rings. The lowest BCUT2D eigenvalue weighted by molar-refractivity contribution is -0.137. The summed E-state index contributed by atoms with van der Waals surface area (Å²) in [4.78, 5) is 22.6. The summed E-state index contributed by atoms with van der Waals surface area (Å²) in [5.74, 6) is -1.10. The lowest BCUT2D eigenvalue weighted by atomic mass is 9.88. The van der Waals surface area contributed by atoms with Gasteiger partial charge in [-0.25, -0.2) is 0 Å². The Balaban J connectivity index is 2.43. The standard InChI is InChI=1S/C20H32O5/c1-2-3-6-9-15(21)12-13-17-16(18(22)14-19(17)23)10-7-4-5-8-11-20(24)25/h3,6,12-13,15-17,19,21,23H,2,4-5,7-11,14H2,1H3,(H,24,25)/b6-3+,13-12+/t15-,16+,17+,19+/m1/s1. The minimum atomic E-state index is -0.772. The second-order valence-corrected chi connectivity index (χ2v) is 6.84. The van der Waals surface area contributed by atoms with E-state index in [-0.39, 0.29) is 30.5 Å². The normalized spacial score (nSPS) is 25.2. The van der Waals surface area contributed by atoms with Crippen LogP contribution in [0.5, 0.6) is 0 Å². The zero-order chi connectivity index (χ0) is 18.7. The molecule has 0 heterocycles. The van der Waals surface area contributed by atoms with Gasteiger partial charge in [-0.2, -0.15) is 0 Å². The summed E-state index contributed by atoms with van der Waals surface area (Å²) < 4.78 is 0. The first-order chi connectivity index (χ1) is 12.0. The number of Topliss-reactive ketones (excluding diaryl/α,β-unsaturated/α-hetero) is 1. The van der Waals surface area contributed by atoms with Crippen LogP contribution in [-0.2, 0) is 9.59 Å². The van der Waals surface area contributed by atoms with Crippen LogP contribution in [0.3, 0.4) is 0 Å². The number of hydrogen-bond acceptors (Lipinski definition) is 4. The maximum Gasteiger partial charge on any atom is 0.303 e. The van der Waals surface area contributed by atoms with Crippen LogP contribution in [0.1, 0.15) is 64.7 Å². The number of aliphatic hydroxyl groups is 2. The van der Waals surface area contributed by atoms with Crippen molar-refractivity contribution in [2.75, 3.05) is 0 Å². The maximum atomic E-state index is 12.1. The summed E-state index contributed by atoms with van der Waals surface area (Å²) in [5, 5.41) is 28.7. The topological polar surface area (TPSA) is 94.8 Å². The molecule has 0 radical (unpaired) electrons. The average Bonchev–Trinajstić information content (AvgIpc) is 2.82. The number of allylic oxidation sites excluding steroid dienone is 1. The van der Waals surface area contributed by atoms with Crippen LogP contribution < -0.4 is 0 Å². The molecule has 0 unspecified atom stereocenters. The number of aliphatic carboxylic acids is 1. The Morgan fingerprint density at radius 3 is 2.64 bits per heavy atom. The van der Waals surface area contributed by atoms with E-state index in [1.165, 1.54) is 0 Å². The van der Waals surface area contributed by atoms with Crippen molar-refractivity contribution in [3.8, 4) is 0 Å². The van der Waals surface area contributed by atoms with Crippen molar-refractivity contribution in [3.05, 3.63) is 24.3 Å². The molecular weight excluding hydrogens is 320 g/mol. The molecular formula is C20H32O5. The van der Waals surface area contributed by atoms with Gasteiger partial charge in [-0.1, -0.05) is 50.5 Å². The molecule has 0 aromatic carbocycles. The summed E-state index contributed by atoms with van der Waals surface area (Å²) >= 11 is 0. The quantitative estimate of drug-likeness (QED) is 0.370. The second-order valence-electron chi connectivity index (χ2n) is 6.84. The third-order valence-electron chi connectivity index (χ3n) is 4.72. The van der Waals surface area contributed by atoms with Crippen molar-refractivity contribution in [2.45, 2.75) is 76.9 Å². The maximum absolute atomic E-state index is 12.1. The number of hydrogen-bond donors (Lipinski definition) is 3. The first-order valence-corrected chi connectivity index (χ1v) is 9.39. The van der Waals surface area contributed by atoms with E-state index in [4.69, 9.17) is 5.11 Å². The van der Waals surface area contributed by atoms with Gasteiger partial charge in [0.2, 0.25) is 0 Å². The van der Waals surface area contributed by atoms with Crippen LogP contribution in [0.4, 0.5) is 0 Å². The number of carbonyl (C=O) groups excluding carboxylic acids is 1. The van der Waals surface area contributed by atoms with Gasteiger partial charge in [0.05, 0.1) is 12.2 Å². The van der Waals surface area contributed by atoms with Gasteiger partial charge in [-0.3, -0.25) is 9.59 Å². The highest BCUT2D eigenvalue weighted by Crippen LogP contribution is 2.34. The van der Waals surface area contributed by atoms with Crippen LogP contribution in [-0.4, -0.2) is 39.3 Å². The van der Waals surface area contributed by atoms with Crippen LogP contribution in [0, 0.1) is 11.8 Å². The van der Waals surface area contributed by atoms with E-state index in [9.17, 15) is 19.8 Å². The first kappa shape index (κ1) is 21.6. The third-order valence-corrected chi connectivity index (χ3v) is 4.72. The third kappa shape index (κ3) is 8.45. The van der Waals surface area contributed by atoms with E-state index in [0.29, 0.717) is 19.3 Å². The number of unbranched alkanes of at least 4 members (excludes halogenated alkanes) is 3. The molecule has 1 fully saturated rings. The molecule has 5 nitrogen and oxygen atoms in total. The second kappa shape index (κ2) is 12.0. The Morgan fingerprint density at radius 2 is 1.96 bits per heavy atom. The molecule has 1 rings (SSSR count). The average molecular weight is 352 g/mol. The van der Waals surface area contributed by atoms with Gasteiger partial charge in [0.1, 0.15) is 5.78 Å². The molecule has 4 atom stereocenters. The zero-order valence-electron chi connectivity index (χ0n) is 15.1. The van der Waals surface area contributed by atoms with E-state index < -0.39 is 18.2 Å². The van der Waals surface area contributed by atoms with Crippen LogP contribution in [0.25, 0.3) is 0 Å². The highest BCUT2D eigenvalue weighted by Gasteiger charge is 2.39. The predicted molar refractivity (Wildman–Crippen MR) is 97.1 cm³/mol. The van der Waals surface area contributed by atoms with Crippen molar-refractivity contribution in [1.29, 1.82) is 0 Å². The van der Waals surface area contributed by atoms with Crippen molar-refractivity contribution < 1.29 is 24.9 Å². The van der Waals surface area contributed by atoms with Gasteiger partial charge in [0.25, 0.3) is 0 Å². The monoisotopic (exact) mass is 352 g/mol. The van der Waals surface area contributed by atoms with Gasteiger partial charge >= 0.3 is 5.97 Å². The molecule has 0 saturated heterocycles. The largest absolute Gasteiger partial charge is 0.481 e. The zero-order valence-corrected chi connectivity index (χ0v) is 15.1. The highest BCUT2D eigenvalue weighted by atomic mass is 16.4. The molecule has 0 amide bonds. The van der Waals surface area contributed by atoms with Gasteiger partial charge in [-0.15, -0.1) is 0 Å². The highest BCUT2D eigenvalue weighted by molar-refractivity contribution is 5.84. The number of carboxylic acid groups (broad SMARTS) is 1. The van der Waals surface area contributed by atoms with E-state index in [1.807, 2.05) is 19.1 Å². The Labute approximate surface area is 150 Å². The Kier molecular flexibility index (Phi) is 10.3. The molecule has 0 bridgehead atoms. The Bertz CT molecular complexity index is 469. The number of rotatable bonds is 12. The molecule has 1 aliphatic carbocycles. The molecule has 25 heavy (non-hydrogen) atoms. The summed E-state index contributed by atoms with van der Waals surface area (Å²) in [6, 6.07) is 0. The Hall–Kier alpha value is -1.46. The molecule has 1 saturated carbocycles. The van der Waals surface area contributed by atoms with Crippen molar-refractivity contribution in [3.63, 3.8) is 0 Å². The van der Waals surface area contributed by atoms with E-state index >= 15 is 0 Å². The van der Waals surface area contributed by atoms with E-state index in [2.05, 4.69) is 0 Å². The number of ketones is 1. The smallest absolute Gasteiger partial charge is 0.303 e. The number of aliphatic hydroxyl groups excluding tert-OH is 2. The molecule has 0 spiro atoms. The molecule has 0 aliphatic heterocycles. The fourth-order valence-electron chi connectivity index (χ4n) is 3.32. The minimum Gasteiger partial charge on any atom is -0.481 e. The summed E-state index contributed by atoms with van der Waals surface area (Å²) in [5.41, 5.74) is 0. The predicted octanol–water partition coefficient (Wildman–Crippen LogP) is 3.25. The number of carboxylic acids is 1. The van der Waals surface area contributed by atoms with Crippen LogP contribution >= 0.6 is 0 Å². The lowest BCUT2D eigenvalue weighted by Crippen LogP contribution is -2.19. The van der Waals surface area contributed by atoms with Gasteiger partial charge in [-0.05, 0) is 25.7 Å². The summed E-state index contributed by atoms with van der Waals surface area (Å²) in [6.07, 6.45) is 12.0. The molecule has 5 heteroatoms. The molecule has 3 N–H and O–H groups in total. The fourth-order valence-corrected chi connectivity index (χ4v) is 3.32. The minimum absolute atomic E-state index is 0.0908. The lowest BCUT2D eigenvalue weighted by Gasteiger charge is -2.18. The van der Waals surface area contributed by atoms with Crippen molar-refractivity contribution >= 4 is 11.8 Å². The van der Waals surface area contributed by atoms with Crippen LogP contribution in [0.2, 0.25) is 0 Å². The van der Waals surface area contributed by atoms with E-state index in [0.717, 1.165) is 25.7 Å². The Morgan fingerprint density at radius 1 is 1.24 bits per heavy atom. The van der Waals surface area contributed by atoms with Crippen molar-refractivity contribution in [2.24, 2.45) is 11.8 Å². The van der Waals surface area contributed by atoms with Gasteiger partial charge in [0.15, 0.2) is 0 Å². The van der Waals surface area contributed by atoms with E-state index in [1.54, 1.807) is 12.2 Å². The molecule has 0 aromatic rings. The fraction of sp³-hybridized carbons (Fsp3) is 0.700. The van der Waals surface area contributed by atoms with Crippen LogP contribution in [0.15, 0.2) is 24.3 Å². The summed E-state index contributed by atoms with van der Waals surface area (Å²) in [7, 11) is 0.